The number of carbonyl (C=O) groups excluding carboxylic acids is 1. The highest BCUT2D eigenvalue weighted by molar-refractivity contribution is 5.73. The van der Waals surface area contributed by atoms with Gasteiger partial charge >= 0.3 is 5.97 Å². The minimum Gasteiger partial charge on any atom is -0.466 e. The van der Waals surface area contributed by atoms with Crippen LogP contribution in [0.25, 0.3) is 0 Å². The molecule has 4 atom stereocenters. The van der Waals surface area contributed by atoms with Crippen LogP contribution in [0.2, 0.25) is 0 Å². The van der Waals surface area contributed by atoms with E-state index in [0.717, 1.165) is 16.7 Å². The van der Waals surface area contributed by atoms with Crippen molar-refractivity contribution >= 4 is 5.97 Å². The van der Waals surface area contributed by atoms with Crippen molar-refractivity contribution in [2.24, 2.45) is 11.8 Å². The van der Waals surface area contributed by atoms with Gasteiger partial charge in [-0.1, -0.05) is 72.8 Å². The third-order valence-electron chi connectivity index (χ3n) is 5.01. The fourth-order valence-electron chi connectivity index (χ4n) is 3.70. The molecule has 0 aliphatic carbocycles. The van der Waals surface area contributed by atoms with Crippen molar-refractivity contribution in [2.45, 2.75) is 32.5 Å². The van der Waals surface area contributed by atoms with Crippen molar-refractivity contribution in [1.82, 2.24) is 0 Å². The minimum absolute atomic E-state index is 0.0757. The second-order valence-corrected chi connectivity index (χ2v) is 6.85. The maximum absolute atomic E-state index is 12.7. The molecule has 3 nitrogen and oxygen atoms in total. The molecule has 2 aromatic carbocycles. The Morgan fingerprint density at radius 3 is 1.96 bits per heavy atom. The molecule has 0 radical (unpaired) electrons. The lowest BCUT2D eigenvalue weighted by molar-refractivity contribution is -0.169. The molecule has 1 aliphatic heterocycles. The van der Waals surface area contributed by atoms with Crippen LogP contribution in [0.15, 0.2) is 72.8 Å². The predicted octanol–water partition coefficient (Wildman–Crippen LogP) is 5.26. The van der Waals surface area contributed by atoms with Crippen molar-refractivity contribution in [3.63, 3.8) is 0 Å². The first-order valence-electron chi connectivity index (χ1n) is 9.19. The normalized spacial score (nSPS) is 25.5. The van der Waals surface area contributed by atoms with E-state index in [-0.39, 0.29) is 30.0 Å². The molecule has 3 rings (SSSR count). The number of hydrogen-bond donors (Lipinski definition) is 0. The molecule has 0 saturated carbocycles. The van der Waals surface area contributed by atoms with E-state index >= 15 is 0 Å². The number of hydrogen-bond acceptors (Lipinski definition) is 3. The van der Waals surface area contributed by atoms with Crippen LogP contribution in [0.5, 0.6) is 0 Å². The van der Waals surface area contributed by atoms with Gasteiger partial charge in [-0.2, -0.15) is 0 Å². The van der Waals surface area contributed by atoms with Crippen LogP contribution >= 0.6 is 0 Å². The summed E-state index contributed by atoms with van der Waals surface area (Å²) < 4.78 is 11.9. The van der Waals surface area contributed by atoms with Crippen LogP contribution in [0.1, 0.15) is 43.6 Å². The van der Waals surface area contributed by atoms with Gasteiger partial charge in [-0.05, 0) is 31.4 Å². The first-order chi connectivity index (χ1) is 12.6. The molecule has 0 N–H and O–H groups in total. The number of carbonyl (C=O) groups is 1. The summed E-state index contributed by atoms with van der Waals surface area (Å²) in [6.07, 6.45) is 0.230. The third-order valence-corrected chi connectivity index (χ3v) is 5.01. The molecule has 0 amide bonds. The van der Waals surface area contributed by atoms with Crippen molar-refractivity contribution in [1.29, 1.82) is 0 Å². The van der Waals surface area contributed by atoms with Crippen LogP contribution in [-0.4, -0.2) is 12.6 Å². The molecule has 2 aromatic rings. The van der Waals surface area contributed by atoms with Crippen molar-refractivity contribution in [3.05, 3.63) is 83.9 Å². The molecular formula is C23H26O3. The smallest absolute Gasteiger partial charge is 0.311 e. The molecule has 0 spiro atoms. The Bertz CT molecular complexity index is 739. The third kappa shape index (κ3) is 3.88. The van der Waals surface area contributed by atoms with Gasteiger partial charge < -0.3 is 9.47 Å². The molecule has 1 saturated heterocycles. The molecule has 0 unspecified atom stereocenters. The zero-order valence-corrected chi connectivity index (χ0v) is 15.4. The first kappa shape index (κ1) is 18.4. The number of esters is 1. The Morgan fingerprint density at radius 1 is 1.00 bits per heavy atom. The molecule has 0 aromatic heterocycles. The average molecular weight is 350 g/mol. The summed E-state index contributed by atoms with van der Waals surface area (Å²) in [5, 5.41) is 0. The summed E-state index contributed by atoms with van der Waals surface area (Å²) in [7, 11) is 0. The van der Waals surface area contributed by atoms with E-state index in [1.807, 2.05) is 62.4 Å². The van der Waals surface area contributed by atoms with Crippen LogP contribution < -0.4 is 0 Å². The average Bonchev–Trinajstić information content (AvgIpc) is 2.68. The van der Waals surface area contributed by atoms with Gasteiger partial charge in [-0.25, -0.2) is 0 Å². The second-order valence-electron chi connectivity index (χ2n) is 6.85. The molecule has 26 heavy (non-hydrogen) atoms. The zero-order valence-electron chi connectivity index (χ0n) is 15.4. The second kappa shape index (κ2) is 8.33. The first-order valence-corrected chi connectivity index (χ1v) is 9.19. The van der Waals surface area contributed by atoms with Crippen molar-refractivity contribution in [2.75, 3.05) is 6.61 Å². The van der Waals surface area contributed by atoms with Gasteiger partial charge in [0.15, 0.2) is 0 Å². The molecule has 1 heterocycles. The van der Waals surface area contributed by atoms with Crippen molar-refractivity contribution in [3.8, 4) is 0 Å². The summed E-state index contributed by atoms with van der Waals surface area (Å²) in [6.45, 7) is 8.38. The molecule has 3 heteroatoms. The van der Waals surface area contributed by atoms with E-state index in [0.29, 0.717) is 13.0 Å². The summed E-state index contributed by atoms with van der Waals surface area (Å²) in [5.74, 6) is -0.454. The Balaban J connectivity index is 1.99. The van der Waals surface area contributed by atoms with Gasteiger partial charge in [-0.3, -0.25) is 4.79 Å². The standard InChI is InChI=1S/C23H26O3/c1-4-25-23(24)20-15-19(16(2)3)21(17-11-7-5-8-12-17)26-22(20)18-13-9-6-10-14-18/h5-14,19-22H,2,4,15H2,1,3H3/t19-,20-,21-,22+/m0/s1. The summed E-state index contributed by atoms with van der Waals surface area (Å²) >= 11 is 0. The van der Waals surface area contributed by atoms with Gasteiger partial charge in [0.1, 0.15) is 0 Å². The quantitative estimate of drug-likeness (QED) is 0.545. The molecule has 0 bridgehead atoms. The SMILES string of the molecule is C=C(C)[C@@H]1C[C@H](C(=O)OCC)[C@@H](c2ccccc2)O[C@H]1c1ccccc1. The molecule has 136 valence electrons. The van der Waals surface area contributed by atoms with Crippen LogP contribution in [0.4, 0.5) is 0 Å². The largest absolute Gasteiger partial charge is 0.466 e. The van der Waals surface area contributed by atoms with E-state index in [1.54, 1.807) is 0 Å². The van der Waals surface area contributed by atoms with Gasteiger partial charge in [0, 0.05) is 5.92 Å². The van der Waals surface area contributed by atoms with Crippen LogP contribution in [0, 0.1) is 11.8 Å². The lowest BCUT2D eigenvalue weighted by Gasteiger charge is -2.41. The van der Waals surface area contributed by atoms with E-state index in [1.165, 1.54) is 0 Å². The van der Waals surface area contributed by atoms with Gasteiger partial charge in [0.05, 0.1) is 24.7 Å². The maximum atomic E-state index is 12.7. The predicted molar refractivity (Wildman–Crippen MR) is 102 cm³/mol. The molecular weight excluding hydrogens is 324 g/mol. The van der Waals surface area contributed by atoms with E-state index < -0.39 is 0 Å². The van der Waals surface area contributed by atoms with E-state index in [2.05, 4.69) is 18.7 Å². The highest BCUT2D eigenvalue weighted by Gasteiger charge is 2.43. The Morgan fingerprint density at radius 2 is 1.50 bits per heavy atom. The van der Waals surface area contributed by atoms with E-state index in [9.17, 15) is 4.79 Å². The maximum Gasteiger partial charge on any atom is 0.311 e. The fraction of sp³-hybridized carbons (Fsp3) is 0.348. The lowest BCUT2D eigenvalue weighted by atomic mass is 9.76. The van der Waals surface area contributed by atoms with Crippen molar-refractivity contribution < 1.29 is 14.3 Å². The molecule has 1 aliphatic rings. The van der Waals surface area contributed by atoms with Gasteiger partial charge in [0.2, 0.25) is 0 Å². The summed E-state index contributed by atoms with van der Waals surface area (Å²) in [5.41, 5.74) is 3.15. The Kier molecular flexibility index (Phi) is 5.89. The summed E-state index contributed by atoms with van der Waals surface area (Å²) in [4.78, 5) is 12.7. The fourth-order valence-corrected chi connectivity index (χ4v) is 3.70. The minimum atomic E-state index is -0.334. The number of ether oxygens (including phenoxy) is 2. The summed E-state index contributed by atoms with van der Waals surface area (Å²) in [6, 6.07) is 20.1. The zero-order chi connectivity index (χ0) is 18.5. The monoisotopic (exact) mass is 350 g/mol. The van der Waals surface area contributed by atoms with E-state index in [4.69, 9.17) is 9.47 Å². The topological polar surface area (TPSA) is 35.5 Å². The number of rotatable bonds is 5. The van der Waals surface area contributed by atoms with Crippen LogP contribution in [-0.2, 0) is 14.3 Å². The Hall–Kier alpha value is -2.39. The van der Waals surface area contributed by atoms with Gasteiger partial charge in [0.25, 0.3) is 0 Å². The molecule has 1 fully saturated rings. The number of benzene rings is 2. The van der Waals surface area contributed by atoms with Crippen LogP contribution in [0.3, 0.4) is 0 Å². The lowest BCUT2D eigenvalue weighted by Crippen LogP contribution is -2.37. The highest BCUT2D eigenvalue weighted by atomic mass is 16.5. The Labute approximate surface area is 155 Å². The van der Waals surface area contributed by atoms with Gasteiger partial charge in [-0.15, -0.1) is 0 Å². The highest BCUT2D eigenvalue weighted by Crippen LogP contribution is 2.48.